The lowest BCUT2D eigenvalue weighted by Crippen LogP contribution is -2.40. The minimum absolute atomic E-state index is 0. The van der Waals surface area contributed by atoms with Gasteiger partial charge in [0.15, 0.2) is 5.96 Å². The highest BCUT2D eigenvalue weighted by atomic mass is 127. The molecule has 2 rings (SSSR count). The summed E-state index contributed by atoms with van der Waals surface area (Å²) < 4.78 is 24.7. The van der Waals surface area contributed by atoms with Crippen LogP contribution in [0.25, 0.3) is 0 Å². The van der Waals surface area contributed by atoms with Gasteiger partial charge in [0.05, 0.1) is 6.26 Å². The van der Waals surface area contributed by atoms with Gasteiger partial charge in [0, 0.05) is 42.8 Å². The predicted molar refractivity (Wildman–Crippen MR) is 133 cm³/mol. The van der Waals surface area contributed by atoms with Crippen molar-refractivity contribution in [3.05, 3.63) is 33.8 Å². The molecule has 0 bridgehead atoms. The number of hydrogen-bond donors (Lipinski definition) is 2. The van der Waals surface area contributed by atoms with Crippen LogP contribution in [0.3, 0.4) is 0 Å². The van der Waals surface area contributed by atoms with Crippen LogP contribution in [0.2, 0.25) is 10.0 Å². The normalized spacial score (nSPS) is 16.3. The lowest BCUT2D eigenvalue weighted by atomic mass is 9.98. The van der Waals surface area contributed by atoms with E-state index in [-0.39, 0.29) is 24.0 Å². The van der Waals surface area contributed by atoms with Gasteiger partial charge < -0.3 is 10.6 Å². The molecule has 1 heterocycles. The second kappa shape index (κ2) is 13.2. The highest BCUT2D eigenvalue weighted by Gasteiger charge is 2.24. The lowest BCUT2D eigenvalue weighted by Gasteiger charge is -2.29. The number of piperidine rings is 1. The number of nitrogens with zero attached hydrogens (tertiary/aromatic N) is 2. The molecule has 0 amide bonds. The Bertz CT molecular complexity index is 769. The summed E-state index contributed by atoms with van der Waals surface area (Å²) in [5.41, 5.74) is 1.09. The number of hydrogen-bond acceptors (Lipinski definition) is 3. The van der Waals surface area contributed by atoms with E-state index in [1.165, 1.54) is 6.26 Å². The molecule has 1 aromatic carbocycles. The Balaban J connectivity index is 0.00000420. The number of rotatable bonds is 8. The van der Waals surface area contributed by atoms with E-state index in [1.54, 1.807) is 10.4 Å². The summed E-state index contributed by atoms with van der Waals surface area (Å²) in [5, 5.41) is 7.97. The van der Waals surface area contributed by atoms with Crippen molar-refractivity contribution < 1.29 is 8.42 Å². The number of sulfonamides is 1. The molecule has 10 heteroatoms. The molecule has 0 saturated carbocycles. The molecule has 0 unspecified atom stereocenters. The van der Waals surface area contributed by atoms with Crippen LogP contribution in [-0.4, -0.2) is 57.7 Å². The molecule has 2 N–H and O–H groups in total. The highest BCUT2D eigenvalue weighted by Crippen LogP contribution is 2.22. The van der Waals surface area contributed by atoms with Crippen LogP contribution in [0.4, 0.5) is 0 Å². The Hall–Kier alpha value is -0.290. The number of aryl methyl sites for hydroxylation is 1. The SMILES string of the molecule is CCNC(=NCC1CCN(S(C)(=O)=O)CC1)NCCCc1ccc(Cl)cc1Cl.I. The lowest BCUT2D eigenvalue weighted by molar-refractivity contribution is 0.280. The smallest absolute Gasteiger partial charge is 0.211 e. The quantitative estimate of drug-likeness (QED) is 0.214. The van der Waals surface area contributed by atoms with Gasteiger partial charge in [-0.2, -0.15) is 0 Å². The van der Waals surface area contributed by atoms with Crippen molar-refractivity contribution in [1.82, 2.24) is 14.9 Å². The van der Waals surface area contributed by atoms with Gasteiger partial charge >= 0.3 is 0 Å². The zero-order valence-corrected chi connectivity index (χ0v) is 21.6. The summed E-state index contributed by atoms with van der Waals surface area (Å²) in [7, 11) is -3.08. The zero-order valence-electron chi connectivity index (χ0n) is 17.0. The molecule has 1 aliphatic rings. The summed E-state index contributed by atoms with van der Waals surface area (Å²) in [6, 6.07) is 5.59. The van der Waals surface area contributed by atoms with Gasteiger partial charge in [0.2, 0.25) is 10.0 Å². The summed E-state index contributed by atoms with van der Waals surface area (Å²) in [6.45, 7) is 5.50. The minimum atomic E-state index is -3.08. The maximum absolute atomic E-state index is 11.6. The van der Waals surface area contributed by atoms with Crippen molar-refractivity contribution in [3.63, 3.8) is 0 Å². The van der Waals surface area contributed by atoms with Gasteiger partial charge in [-0.1, -0.05) is 29.3 Å². The van der Waals surface area contributed by atoms with Gasteiger partial charge in [-0.05, 0) is 56.2 Å². The fourth-order valence-corrected chi connectivity index (χ4v) is 4.57. The number of benzene rings is 1. The summed E-state index contributed by atoms with van der Waals surface area (Å²) >= 11 is 12.1. The molecule has 0 spiro atoms. The standard InChI is InChI=1S/C19H30Cl2N4O2S.HI/c1-3-22-19(23-10-4-5-16-6-7-17(20)13-18(16)21)24-14-15-8-11-25(12-9-15)28(2,26)27;/h6-7,13,15H,3-5,8-12,14H2,1-2H3,(H2,22,23,24);1H. The van der Waals surface area contributed by atoms with Gasteiger partial charge in [-0.3, -0.25) is 4.99 Å². The third-order valence-electron chi connectivity index (χ3n) is 4.82. The fraction of sp³-hybridized carbons (Fsp3) is 0.632. The van der Waals surface area contributed by atoms with E-state index >= 15 is 0 Å². The van der Waals surface area contributed by atoms with E-state index in [0.29, 0.717) is 35.6 Å². The number of guanidine groups is 1. The highest BCUT2D eigenvalue weighted by molar-refractivity contribution is 14.0. The first kappa shape index (κ1) is 26.7. The molecular weight excluding hydrogens is 546 g/mol. The van der Waals surface area contributed by atoms with Crippen molar-refractivity contribution in [2.24, 2.45) is 10.9 Å². The number of aliphatic imine (C=N–C) groups is 1. The van der Waals surface area contributed by atoms with E-state index < -0.39 is 10.0 Å². The molecule has 0 aliphatic carbocycles. The maximum Gasteiger partial charge on any atom is 0.211 e. The van der Waals surface area contributed by atoms with E-state index in [4.69, 9.17) is 23.2 Å². The molecule has 1 fully saturated rings. The Morgan fingerprint density at radius 3 is 2.52 bits per heavy atom. The molecule has 1 saturated heterocycles. The molecule has 0 radical (unpaired) electrons. The summed E-state index contributed by atoms with van der Waals surface area (Å²) in [6.07, 6.45) is 4.77. The van der Waals surface area contributed by atoms with Gasteiger partial charge in [-0.25, -0.2) is 12.7 Å². The molecule has 166 valence electrons. The van der Waals surface area contributed by atoms with Crippen LogP contribution in [0.15, 0.2) is 23.2 Å². The van der Waals surface area contributed by atoms with Crippen LogP contribution < -0.4 is 10.6 Å². The Morgan fingerprint density at radius 1 is 1.24 bits per heavy atom. The Morgan fingerprint density at radius 2 is 1.93 bits per heavy atom. The van der Waals surface area contributed by atoms with Crippen LogP contribution in [0, 0.1) is 5.92 Å². The molecule has 29 heavy (non-hydrogen) atoms. The monoisotopic (exact) mass is 576 g/mol. The first-order chi connectivity index (χ1) is 13.3. The van der Waals surface area contributed by atoms with Crippen molar-refractivity contribution in [2.45, 2.75) is 32.6 Å². The molecule has 1 aliphatic heterocycles. The van der Waals surface area contributed by atoms with Gasteiger partial charge in [-0.15, -0.1) is 24.0 Å². The average molecular weight is 577 g/mol. The second-order valence-corrected chi connectivity index (χ2v) is 9.92. The van der Waals surface area contributed by atoms with E-state index in [9.17, 15) is 8.42 Å². The van der Waals surface area contributed by atoms with Crippen LogP contribution in [0.1, 0.15) is 31.7 Å². The Labute approximate surface area is 201 Å². The Kier molecular flexibility index (Phi) is 12.2. The number of halogens is 3. The van der Waals surface area contributed by atoms with Crippen molar-refractivity contribution in [2.75, 3.05) is 39.0 Å². The molecule has 1 aromatic rings. The first-order valence-electron chi connectivity index (χ1n) is 9.70. The number of nitrogens with one attached hydrogen (secondary N) is 2. The first-order valence-corrected chi connectivity index (χ1v) is 12.3. The van der Waals surface area contributed by atoms with Crippen LogP contribution >= 0.6 is 47.2 Å². The van der Waals surface area contributed by atoms with Crippen molar-refractivity contribution >= 4 is 63.2 Å². The molecular formula is C19H31Cl2IN4O2S. The predicted octanol–water partition coefficient (Wildman–Crippen LogP) is 3.77. The van der Waals surface area contributed by atoms with Gasteiger partial charge in [0.1, 0.15) is 0 Å². The fourth-order valence-electron chi connectivity index (χ4n) is 3.20. The van der Waals surface area contributed by atoms with Crippen molar-refractivity contribution in [1.29, 1.82) is 0 Å². The summed E-state index contributed by atoms with van der Waals surface area (Å²) in [4.78, 5) is 4.68. The average Bonchev–Trinajstić information content (AvgIpc) is 2.64. The zero-order chi connectivity index (χ0) is 20.6. The topological polar surface area (TPSA) is 73.8 Å². The minimum Gasteiger partial charge on any atom is -0.357 e. The van der Waals surface area contributed by atoms with E-state index in [1.807, 2.05) is 19.1 Å². The molecule has 0 aromatic heterocycles. The maximum atomic E-state index is 11.6. The van der Waals surface area contributed by atoms with Crippen molar-refractivity contribution in [3.8, 4) is 0 Å². The van der Waals surface area contributed by atoms with E-state index in [2.05, 4.69) is 15.6 Å². The molecule has 6 nitrogen and oxygen atoms in total. The molecule has 0 atom stereocenters. The third kappa shape index (κ3) is 9.59. The summed E-state index contributed by atoms with van der Waals surface area (Å²) in [5.74, 6) is 1.22. The van der Waals surface area contributed by atoms with Crippen LogP contribution in [-0.2, 0) is 16.4 Å². The van der Waals surface area contributed by atoms with E-state index in [0.717, 1.165) is 50.3 Å². The largest absolute Gasteiger partial charge is 0.357 e. The van der Waals surface area contributed by atoms with Crippen LogP contribution in [0.5, 0.6) is 0 Å². The third-order valence-corrected chi connectivity index (χ3v) is 6.71. The second-order valence-electron chi connectivity index (χ2n) is 7.09. The van der Waals surface area contributed by atoms with Gasteiger partial charge in [0.25, 0.3) is 0 Å².